The Balaban J connectivity index is 2.26. The topological polar surface area (TPSA) is 47.0 Å². The van der Waals surface area contributed by atoms with Gasteiger partial charge < -0.3 is 10.1 Å². The quantitative estimate of drug-likeness (QED) is 0.889. The van der Waals surface area contributed by atoms with Gasteiger partial charge >= 0.3 is 0 Å². The van der Waals surface area contributed by atoms with E-state index >= 15 is 0 Å². The molecule has 0 aliphatic carbocycles. The molecule has 1 aromatic heterocycles. The van der Waals surface area contributed by atoms with E-state index in [4.69, 9.17) is 16.3 Å². The fraction of sp³-hybridized carbons (Fsp3) is 0.333. The van der Waals surface area contributed by atoms with E-state index in [2.05, 4.69) is 28.3 Å². The van der Waals surface area contributed by atoms with Crippen LogP contribution in [0.3, 0.4) is 0 Å². The molecule has 0 amide bonds. The molecule has 0 aliphatic heterocycles. The molecule has 0 saturated carbocycles. The van der Waals surface area contributed by atoms with Crippen LogP contribution in [0, 0.1) is 0 Å². The lowest BCUT2D eigenvalue weighted by Crippen LogP contribution is -2.24. The van der Waals surface area contributed by atoms with Crippen LogP contribution in [0.15, 0.2) is 36.7 Å². The van der Waals surface area contributed by atoms with Gasteiger partial charge in [0.25, 0.3) is 0 Å². The van der Waals surface area contributed by atoms with Crippen LogP contribution < -0.4 is 10.1 Å². The average molecular weight is 292 g/mol. The van der Waals surface area contributed by atoms with Gasteiger partial charge in [0, 0.05) is 17.4 Å². The Kier molecular flexibility index (Phi) is 5.32. The van der Waals surface area contributed by atoms with Crippen molar-refractivity contribution in [1.29, 1.82) is 0 Å². The summed E-state index contributed by atoms with van der Waals surface area (Å²) in [5.41, 5.74) is 1.97. The summed E-state index contributed by atoms with van der Waals surface area (Å²) in [5, 5.41) is 4.16. The maximum atomic E-state index is 6.04. The normalized spacial score (nSPS) is 12.2. The summed E-state index contributed by atoms with van der Waals surface area (Å²) in [4.78, 5) is 8.61. The van der Waals surface area contributed by atoms with E-state index in [1.807, 2.05) is 18.2 Å². The van der Waals surface area contributed by atoms with Gasteiger partial charge in [0.05, 0.1) is 13.2 Å². The van der Waals surface area contributed by atoms with Crippen LogP contribution in [0.5, 0.6) is 5.88 Å². The molecular formula is C15H18ClN3O. The van der Waals surface area contributed by atoms with Crippen molar-refractivity contribution in [3.8, 4) is 5.88 Å². The van der Waals surface area contributed by atoms with Crippen LogP contribution >= 0.6 is 11.6 Å². The number of hydrogen-bond acceptors (Lipinski definition) is 4. The van der Waals surface area contributed by atoms with Crippen molar-refractivity contribution < 1.29 is 4.74 Å². The minimum Gasteiger partial charge on any atom is -0.480 e. The number of methoxy groups -OCH3 is 1. The zero-order valence-electron chi connectivity index (χ0n) is 11.6. The molecule has 1 atom stereocenters. The summed E-state index contributed by atoms with van der Waals surface area (Å²) in [6.07, 6.45) is 4.09. The van der Waals surface area contributed by atoms with Crippen LogP contribution in [0.25, 0.3) is 0 Å². The van der Waals surface area contributed by atoms with Gasteiger partial charge in [0.1, 0.15) is 5.69 Å². The third kappa shape index (κ3) is 3.68. The van der Waals surface area contributed by atoms with E-state index < -0.39 is 0 Å². The van der Waals surface area contributed by atoms with E-state index in [9.17, 15) is 0 Å². The van der Waals surface area contributed by atoms with Gasteiger partial charge in [0.15, 0.2) is 0 Å². The standard InChI is InChI=1S/C15H18ClN3O/c1-3-17-13(10-11-5-4-6-12(16)9-11)14-15(20-2)19-8-7-18-14/h4-9,13,17H,3,10H2,1-2H3. The summed E-state index contributed by atoms with van der Waals surface area (Å²) < 4.78 is 5.29. The first-order valence-corrected chi connectivity index (χ1v) is 6.95. The first kappa shape index (κ1) is 14.8. The number of hydrogen-bond donors (Lipinski definition) is 1. The highest BCUT2D eigenvalue weighted by Crippen LogP contribution is 2.24. The fourth-order valence-corrected chi connectivity index (χ4v) is 2.36. The van der Waals surface area contributed by atoms with Crippen molar-refractivity contribution in [2.24, 2.45) is 0 Å². The van der Waals surface area contributed by atoms with E-state index in [1.54, 1.807) is 19.5 Å². The summed E-state index contributed by atoms with van der Waals surface area (Å²) in [7, 11) is 1.61. The summed E-state index contributed by atoms with van der Waals surface area (Å²) in [6, 6.07) is 7.89. The maximum Gasteiger partial charge on any atom is 0.237 e. The number of rotatable bonds is 6. The second kappa shape index (κ2) is 7.22. The molecule has 0 radical (unpaired) electrons. The van der Waals surface area contributed by atoms with Gasteiger partial charge in [-0.05, 0) is 30.7 Å². The van der Waals surface area contributed by atoms with Gasteiger partial charge in [-0.15, -0.1) is 0 Å². The number of likely N-dealkylation sites (N-methyl/N-ethyl adjacent to an activating group) is 1. The SMILES string of the molecule is CCNC(Cc1cccc(Cl)c1)c1nccnc1OC. The lowest BCUT2D eigenvalue weighted by atomic mass is 10.0. The van der Waals surface area contributed by atoms with Crippen molar-refractivity contribution in [3.63, 3.8) is 0 Å². The Morgan fingerprint density at radius 2 is 2.10 bits per heavy atom. The second-order valence-electron chi connectivity index (χ2n) is 4.40. The van der Waals surface area contributed by atoms with Crippen molar-refractivity contribution >= 4 is 11.6 Å². The largest absolute Gasteiger partial charge is 0.480 e. The molecule has 1 heterocycles. The van der Waals surface area contributed by atoms with Crippen molar-refractivity contribution in [1.82, 2.24) is 15.3 Å². The molecule has 0 aliphatic rings. The van der Waals surface area contributed by atoms with Gasteiger partial charge in [-0.2, -0.15) is 0 Å². The predicted octanol–water partition coefficient (Wildman–Crippen LogP) is 3.03. The molecule has 0 fully saturated rings. The van der Waals surface area contributed by atoms with Gasteiger partial charge in [-0.1, -0.05) is 30.7 Å². The Morgan fingerprint density at radius 1 is 1.30 bits per heavy atom. The highest BCUT2D eigenvalue weighted by molar-refractivity contribution is 6.30. The van der Waals surface area contributed by atoms with Crippen LogP contribution in [0.1, 0.15) is 24.2 Å². The van der Waals surface area contributed by atoms with Crippen LogP contribution in [-0.4, -0.2) is 23.6 Å². The van der Waals surface area contributed by atoms with Crippen LogP contribution in [0.4, 0.5) is 0 Å². The summed E-state index contributed by atoms with van der Waals surface area (Å²) in [6.45, 7) is 2.90. The highest BCUT2D eigenvalue weighted by atomic mass is 35.5. The molecule has 20 heavy (non-hydrogen) atoms. The fourth-order valence-electron chi connectivity index (χ4n) is 2.14. The lowest BCUT2D eigenvalue weighted by molar-refractivity contribution is 0.377. The number of nitrogens with zero attached hydrogens (tertiary/aromatic N) is 2. The number of benzene rings is 1. The van der Waals surface area contributed by atoms with E-state index in [0.717, 1.165) is 29.2 Å². The molecule has 0 spiro atoms. The number of halogens is 1. The molecule has 4 nitrogen and oxygen atoms in total. The first-order valence-electron chi connectivity index (χ1n) is 6.57. The zero-order valence-corrected chi connectivity index (χ0v) is 12.4. The molecule has 106 valence electrons. The number of ether oxygens (including phenoxy) is 1. The van der Waals surface area contributed by atoms with E-state index in [1.165, 1.54) is 0 Å². The van der Waals surface area contributed by atoms with E-state index in [0.29, 0.717) is 5.88 Å². The monoisotopic (exact) mass is 291 g/mol. The second-order valence-corrected chi connectivity index (χ2v) is 4.83. The minimum absolute atomic E-state index is 0.0436. The average Bonchev–Trinajstić information content (AvgIpc) is 2.47. The molecule has 0 saturated heterocycles. The molecule has 1 aromatic carbocycles. The number of aromatic nitrogens is 2. The Hall–Kier alpha value is -1.65. The van der Waals surface area contributed by atoms with Gasteiger partial charge in [-0.3, -0.25) is 4.98 Å². The number of nitrogens with one attached hydrogen (secondary N) is 1. The predicted molar refractivity (Wildman–Crippen MR) is 80.2 cm³/mol. The van der Waals surface area contributed by atoms with Crippen LogP contribution in [-0.2, 0) is 6.42 Å². The van der Waals surface area contributed by atoms with E-state index in [-0.39, 0.29) is 6.04 Å². The zero-order chi connectivity index (χ0) is 14.4. The summed E-state index contributed by atoms with van der Waals surface area (Å²) >= 11 is 6.04. The maximum absolute atomic E-state index is 6.04. The lowest BCUT2D eigenvalue weighted by Gasteiger charge is -2.19. The van der Waals surface area contributed by atoms with Crippen molar-refractivity contribution in [2.75, 3.05) is 13.7 Å². The molecular weight excluding hydrogens is 274 g/mol. The van der Waals surface area contributed by atoms with Crippen molar-refractivity contribution in [3.05, 3.63) is 52.9 Å². The van der Waals surface area contributed by atoms with Crippen LogP contribution in [0.2, 0.25) is 5.02 Å². The first-order chi connectivity index (χ1) is 9.74. The molecule has 5 heteroatoms. The third-order valence-corrected chi connectivity index (χ3v) is 3.23. The molecule has 0 bridgehead atoms. The molecule has 2 aromatic rings. The molecule has 1 unspecified atom stereocenters. The van der Waals surface area contributed by atoms with Gasteiger partial charge in [0.2, 0.25) is 5.88 Å². The van der Waals surface area contributed by atoms with Gasteiger partial charge in [-0.25, -0.2) is 4.98 Å². The Labute approximate surface area is 124 Å². The summed E-state index contributed by atoms with van der Waals surface area (Å²) in [5.74, 6) is 0.556. The Bertz CT molecular complexity index is 562. The Morgan fingerprint density at radius 3 is 2.80 bits per heavy atom. The molecule has 1 N–H and O–H groups in total. The minimum atomic E-state index is 0.0436. The third-order valence-electron chi connectivity index (χ3n) is 2.99. The highest BCUT2D eigenvalue weighted by Gasteiger charge is 2.18. The smallest absolute Gasteiger partial charge is 0.237 e. The molecule has 2 rings (SSSR count). The van der Waals surface area contributed by atoms with Crippen molar-refractivity contribution in [2.45, 2.75) is 19.4 Å².